The van der Waals surface area contributed by atoms with E-state index in [1.165, 1.54) is 253 Å². The molecule has 0 unspecified atom stereocenters. The maximum atomic E-state index is 5.16. The Morgan fingerprint density at radius 3 is 0.819 bits per heavy atom. The molecule has 1 aliphatic carbocycles. The third-order valence-corrected chi connectivity index (χ3v) is 15.1. The van der Waals surface area contributed by atoms with Gasteiger partial charge in [-0.05, 0) is 184 Å². The van der Waals surface area contributed by atoms with Crippen LogP contribution in [0.3, 0.4) is 0 Å². The zero-order valence-corrected chi connectivity index (χ0v) is 49.9. The molecule has 13 heteroatoms. The van der Waals surface area contributed by atoms with Crippen molar-refractivity contribution in [1.82, 2.24) is 49.8 Å². The number of nitrogens with zero attached hydrogens (tertiary/aromatic N) is 8. The minimum absolute atomic E-state index is 0.913. The Morgan fingerprint density at radius 2 is 0.569 bits per heavy atom. The molecule has 0 bridgehead atoms. The lowest BCUT2D eigenvalue weighted by molar-refractivity contribution is 0.0405. The Morgan fingerprint density at radius 1 is 0.264 bits per heavy atom. The van der Waals surface area contributed by atoms with Crippen LogP contribution in [0.1, 0.15) is 162 Å². The average Bonchev–Trinajstić information content (AvgIpc) is 3.46. The van der Waals surface area contributed by atoms with Crippen LogP contribution in [0.2, 0.25) is 0 Å². The van der Waals surface area contributed by atoms with Crippen LogP contribution in [-0.2, 0) is 14.2 Å². The van der Waals surface area contributed by atoms with Gasteiger partial charge in [-0.1, -0.05) is 85.0 Å². The molecule has 10 fully saturated rings. The summed E-state index contributed by atoms with van der Waals surface area (Å²) in [4.78, 5) is 19.2. The molecule has 1 saturated carbocycles. The van der Waals surface area contributed by atoms with Crippen LogP contribution < -0.4 is 10.6 Å². The molecule has 9 saturated heterocycles. The van der Waals surface area contributed by atoms with Gasteiger partial charge in [-0.2, -0.15) is 0 Å². The fourth-order valence-electron chi connectivity index (χ4n) is 9.63. The molecular formula is C59H128N10O3. The van der Waals surface area contributed by atoms with Crippen molar-refractivity contribution >= 4 is 0 Å². The van der Waals surface area contributed by atoms with Gasteiger partial charge in [-0.25, -0.2) is 0 Å². The molecule has 432 valence electrons. The maximum Gasteiger partial charge on any atom is 0.0594 e. The number of piperidine rings is 4. The quantitative estimate of drug-likeness (QED) is 0.284. The van der Waals surface area contributed by atoms with E-state index in [-0.39, 0.29) is 0 Å². The van der Waals surface area contributed by atoms with Crippen LogP contribution >= 0.6 is 0 Å². The summed E-state index contributed by atoms with van der Waals surface area (Å²) >= 11 is 0. The number of morpholine rings is 2. The molecule has 10 rings (SSSR count). The van der Waals surface area contributed by atoms with Gasteiger partial charge in [0.15, 0.2) is 0 Å². The second-order valence-electron chi connectivity index (χ2n) is 22.0. The third kappa shape index (κ3) is 47.9. The lowest BCUT2D eigenvalue weighted by atomic mass is 10.0. The average molecular weight is 1030 g/mol. The lowest BCUT2D eigenvalue weighted by Gasteiger charge is -2.28. The van der Waals surface area contributed by atoms with Gasteiger partial charge in [0.2, 0.25) is 0 Å². The van der Waals surface area contributed by atoms with Crippen LogP contribution in [0.4, 0.5) is 0 Å². The van der Waals surface area contributed by atoms with Crippen LogP contribution in [0, 0.1) is 0 Å². The summed E-state index contributed by atoms with van der Waals surface area (Å²) in [6.07, 6.45) is 31.4. The molecule has 9 heterocycles. The molecular weight excluding hydrogens is 897 g/mol. The summed E-state index contributed by atoms with van der Waals surface area (Å²) in [5.74, 6) is 0. The highest BCUT2D eigenvalue weighted by atomic mass is 16.5. The molecule has 9 aliphatic heterocycles. The second-order valence-corrected chi connectivity index (χ2v) is 22.0. The maximum absolute atomic E-state index is 5.16. The highest BCUT2D eigenvalue weighted by molar-refractivity contribution is 4.66. The molecule has 0 atom stereocenters. The third-order valence-electron chi connectivity index (χ3n) is 15.1. The second kappa shape index (κ2) is 53.9. The van der Waals surface area contributed by atoms with Crippen LogP contribution in [0.5, 0.6) is 0 Å². The highest BCUT2D eigenvalue weighted by Crippen LogP contribution is 2.15. The molecule has 0 radical (unpaired) electrons. The molecule has 0 aromatic rings. The molecule has 0 aromatic heterocycles. The zero-order chi connectivity index (χ0) is 52.2. The number of hydrogen-bond acceptors (Lipinski definition) is 13. The van der Waals surface area contributed by atoms with E-state index in [0.29, 0.717) is 0 Å². The van der Waals surface area contributed by atoms with E-state index >= 15 is 0 Å². The van der Waals surface area contributed by atoms with Crippen LogP contribution in [0.25, 0.3) is 0 Å². The first-order valence-corrected chi connectivity index (χ1v) is 31.0. The van der Waals surface area contributed by atoms with Gasteiger partial charge in [0.1, 0.15) is 0 Å². The summed E-state index contributed by atoms with van der Waals surface area (Å²) in [5.41, 5.74) is 0. The summed E-state index contributed by atoms with van der Waals surface area (Å²) in [6, 6.07) is 0. The van der Waals surface area contributed by atoms with Gasteiger partial charge in [0, 0.05) is 91.8 Å². The molecule has 13 nitrogen and oxygen atoms in total. The van der Waals surface area contributed by atoms with Crippen molar-refractivity contribution < 1.29 is 14.2 Å². The summed E-state index contributed by atoms with van der Waals surface area (Å²) in [7, 11) is 10.8. The minimum Gasteiger partial charge on any atom is -0.381 e. The fourth-order valence-corrected chi connectivity index (χ4v) is 9.63. The van der Waals surface area contributed by atoms with E-state index < -0.39 is 0 Å². The van der Waals surface area contributed by atoms with Crippen molar-refractivity contribution in [1.29, 1.82) is 0 Å². The molecule has 0 spiro atoms. The van der Waals surface area contributed by atoms with Crippen molar-refractivity contribution in [3.8, 4) is 0 Å². The number of hydrogen-bond donors (Lipinski definition) is 2. The Hall–Kier alpha value is -0.520. The number of likely N-dealkylation sites (N-methyl/N-ethyl adjacent to an activating group) is 5. The summed E-state index contributed by atoms with van der Waals surface area (Å²) < 4.78 is 15.3. The van der Waals surface area contributed by atoms with E-state index in [1.54, 1.807) is 0 Å². The van der Waals surface area contributed by atoms with E-state index in [2.05, 4.69) is 106 Å². The standard InChI is InChI=1S/C8H17N.C7H15N.C6H14N2.C6H13NO.C6H13N.C6H12.C5H12N2.C5H11NO.C5H11N.C5H10O/c1-2-6-9-7-4-3-5-8-9;1-2-8-6-4-3-5-7-8;1-7-3-5-8(2)6-4-7;1-2-7-3-5-8-6-4-7;1-7-5-3-2-4-6-7;1-2-4-6-5-3-1;1-7-4-2-6-3-5-7;1-6-2-4-7-5-3-6;2*1-2-4-6-5-3-1/h2-8H2,1H3;2-7H2,1H3;3-6H2,1-2H3;2-6H2,1H3;2-6H2,1H3;1-6H2;6H,2-5H2,1H3;2-5H2,1H3;6H,1-5H2;1-5H2. The molecule has 10 aliphatic rings. The predicted molar refractivity (Wildman–Crippen MR) is 314 cm³/mol. The van der Waals surface area contributed by atoms with Crippen LogP contribution in [-0.4, -0.2) is 265 Å². The van der Waals surface area contributed by atoms with E-state index in [1.807, 2.05) is 0 Å². The topological polar surface area (TPSA) is 77.7 Å². The van der Waals surface area contributed by atoms with Crippen molar-refractivity contribution in [2.75, 3.05) is 225 Å². The van der Waals surface area contributed by atoms with Gasteiger partial charge < -0.3 is 59.1 Å². The number of nitrogens with one attached hydrogen (secondary N) is 2. The Kier molecular flexibility index (Phi) is 52.0. The molecule has 72 heavy (non-hydrogen) atoms. The summed E-state index contributed by atoms with van der Waals surface area (Å²) in [6.45, 7) is 40.7. The first-order chi connectivity index (χ1) is 35.3. The molecule has 0 aromatic carbocycles. The van der Waals surface area contributed by atoms with Crippen LogP contribution in [0.15, 0.2) is 0 Å². The Labute approximate surface area is 449 Å². The van der Waals surface area contributed by atoms with Gasteiger partial charge in [0.05, 0.1) is 26.4 Å². The van der Waals surface area contributed by atoms with E-state index in [0.717, 1.165) is 78.9 Å². The minimum atomic E-state index is 0.913. The highest BCUT2D eigenvalue weighted by Gasteiger charge is 2.10. The largest absolute Gasteiger partial charge is 0.381 e. The smallest absolute Gasteiger partial charge is 0.0594 e. The molecule has 2 N–H and O–H groups in total. The van der Waals surface area contributed by atoms with Crippen molar-refractivity contribution in [3.05, 3.63) is 0 Å². The van der Waals surface area contributed by atoms with Crippen molar-refractivity contribution in [3.63, 3.8) is 0 Å². The van der Waals surface area contributed by atoms with Gasteiger partial charge >= 0.3 is 0 Å². The number of rotatable bonds is 4. The first-order valence-electron chi connectivity index (χ1n) is 31.0. The number of piperazine rings is 2. The monoisotopic (exact) mass is 1030 g/mol. The fraction of sp³-hybridized carbons (Fsp3) is 1.00. The van der Waals surface area contributed by atoms with E-state index in [9.17, 15) is 0 Å². The van der Waals surface area contributed by atoms with Gasteiger partial charge in [0.25, 0.3) is 0 Å². The normalized spacial score (nSPS) is 24.3. The number of likely N-dealkylation sites (tertiary alicyclic amines) is 3. The Bertz CT molecular complexity index is 883. The zero-order valence-electron chi connectivity index (χ0n) is 49.9. The van der Waals surface area contributed by atoms with E-state index in [4.69, 9.17) is 14.2 Å². The predicted octanol–water partition coefficient (Wildman–Crippen LogP) is 8.44. The number of ether oxygens (including phenoxy) is 3. The van der Waals surface area contributed by atoms with Gasteiger partial charge in [-0.15, -0.1) is 0 Å². The van der Waals surface area contributed by atoms with Crippen molar-refractivity contribution in [2.24, 2.45) is 0 Å². The first kappa shape index (κ1) is 69.5. The summed E-state index contributed by atoms with van der Waals surface area (Å²) in [5, 5.41) is 6.56. The Balaban J connectivity index is 0.000000401. The van der Waals surface area contributed by atoms with Crippen molar-refractivity contribution in [2.45, 2.75) is 162 Å². The molecule has 0 amide bonds. The van der Waals surface area contributed by atoms with Gasteiger partial charge in [-0.3, -0.25) is 4.90 Å². The SMILES string of the molecule is C1CCCCC1.C1CCNCC1.C1CCOCC1.CCCN1CCCCC1.CCN1CCCCC1.CCN1CCOCC1.CN1CCCCC1.CN1CCN(C)CC1.CN1CCNCC1.CN1CCOCC1. The lowest BCUT2D eigenvalue weighted by Crippen LogP contribution is -2.42.